The monoisotopic (exact) mass is 325 g/mol. The van der Waals surface area contributed by atoms with E-state index in [0.29, 0.717) is 38.2 Å². The van der Waals surface area contributed by atoms with Gasteiger partial charge in [-0.3, -0.25) is 4.79 Å². The first-order chi connectivity index (χ1) is 10.6. The average Bonchev–Trinajstić information content (AvgIpc) is 2.54. The molecule has 0 aromatic heterocycles. The first kappa shape index (κ1) is 16.6. The van der Waals surface area contributed by atoms with Gasteiger partial charge in [-0.15, -0.1) is 11.6 Å². The molecule has 6 heteroatoms. The lowest BCUT2D eigenvalue weighted by atomic mass is 9.76. The number of carboxylic acids is 1. The fourth-order valence-corrected chi connectivity index (χ4v) is 3.04. The summed E-state index contributed by atoms with van der Waals surface area (Å²) in [6, 6.07) is 9.45. The van der Waals surface area contributed by atoms with Crippen molar-refractivity contribution in [2.45, 2.75) is 25.9 Å². The van der Waals surface area contributed by atoms with Crippen molar-refractivity contribution in [2.75, 3.05) is 19.0 Å². The van der Waals surface area contributed by atoms with Gasteiger partial charge in [0.1, 0.15) is 6.61 Å². The Morgan fingerprint density at radius 2 is 1.86 bits per heavy atom. The van der Waals surface area contributed by atoms with Crippen molar-refractivity contribution < 1.29 is 19.4 Å². The second-order valence-corrected chi connectivity index (χ2v) is 5.93. The van der Waals surface area contributed by atoms with Crippen molar-refractivity contribution in [1.29, 1.82) is 0 Å². The number of amides is 1. The Kier molecular flexibility index (Phi) is 5.66. The van der Waals surface area contributed by atoms with Crippen LogP contribution in [0.3, 0.4) is 0 Å². The van der Waals surface area contributed by atoms with E-state index in [9.17, 15) is 14.7 Å². The molecule has 120 valence electrons. The Morgan fingerprint density at radius 1 is 1.23 bits per heavy atom. The number of hydrogen-bond donors (Lipinski definition) is 1. The van der Waals surface area contributed by atoms with E-state index in [0.717, 1.165) is 5.56 Å². The fraction of sp³-hybridized carbons (Fsp3) is 0.500. The lowest BCUT2D eigenvalue weighted by molar-refractivity contribution is -0.152. The Labute approximate surface area is 134 Å². The zero-order valence-corrected chi connectivity index (χ0v) is 13.1. The molecule has 0 radical (unpaired) electrons. The molecule has 2 rings (SSSR count). The SMILES string of the molecule is O=C(OCc1ccccc1)N1CCC(CCCl)(C(=O)O)CC1. The molecule has 1 aliphatic rings. The molecule has 1 amide bonds. The van der Waals surface area contributed by atoms with Gasteiger partial charge in [0.05, 0.1) is 5.41 Å². The summed E-state index contributed by atoms with van der Waals surface area (Å²) in [5.41, 5.74) is 0.118. The Morgan fingerprint density at radius 3 is 2.41 bits per heavy atom. The molecule has 0 atom stereocenters. The Bertz CT molecular complexity index is 512. The normalized spacial score (nSPS) is 17.0. The highest BCUT2D eigenvalue weighted by Crippen LogP contribution is 2.36. The number of carboxylic acid groups (broad SMARTS) is 1. The van der Waals surface area contributed by atoms with Gasteiger partial charge in [-0.2, -0.15) is 0 Å². The predicted octanol–water partition coefficient (Wildman–Crippen LogP) is 3.12. The molecule has 0 aliphatic carbocycles. The fourth-order valence-electron chi connectivity index (χ4n) is 2.68. The van der Waals surface area contributed by atoms with Gasteiger partial charge in [-0.25, -0.2) is 4.79 Å². The zero-order valence-electron chi connectivity index (χ0n) is 12.3. The highest BCUT2D eigenvalue weighted by Gasteiger charge is 2.42. The number of alkyl halides is 1. The maximum absolute atomic E-state index is 12.0. The lowest BCUT2D eigenvalue weighted by Gasteiger charge is -2.38. The van der Waals surface area contributed by atoms with Crippen LogP contribution in [-0.4, -0.2) is 41.0 Å². The third-order valence-corrected chi connectivity index (χ3v) is 4.40. The van der Waals surface area contributed by atoms with E-state index < -0.39 is 17.5 Å². The minimum Gasteiger partial charge on any atom is -0.481 e. The van der Waals surface area contributed by atoms with Crippen LogP contribution >= 0.6 is 11.6 Å². The second kappa shape index (κ2) is 7.49. The third kappa shape index (κ3) is 3.91. The molecular weight excluding hydrogens is 306 g/mol. The largest absolute Gasteiger partial charge is 0.481 e. The van der Waals surface area contributed by atoms with E-state index >= 15 is 0 Å². The van der Waals surface area contributed by atoms with Crippen LogP contribution in [0.1, 0.15) is 24.8 Å². The number of piperidine rings is 1. The maximum Gasteiger partial charge on any atom is 0.410 e. The van der Waals surface area contributed by atoms with Gasteiger partial charge in [-0.1, -0.05) is 30.3 Å². The highest BCUT2D eigenvalue weighted by atomic mass is 35.5. The molecule has 0 spiro atoms. The standard InChI is InChI=1S/C16H20ClNO4/c17-9-6-16(14(19)20)7-10-18(11-8-16)15(21)22-12-13-4-2-1-3-5-13/h1-5H,6-12H2,(H,19,20). The molecule has 0 bridgehead atoms. The van der Waals surface area contributed by atoms with E-state index in [4.69, 9.17) is 16.3 Å². The van der Waals surface area contributed by atoms with Gasteiger partial charge >= 0.3 is 12.1 Å². The van der Waals surface area contributed by atoms with Gasteiger partial charge < -0.3 is 14.7 Å². The number of carbonyl (C=O) groups is 2. The minimum atomic E-state index is -0.828. The third-order valence-electron chi connectivity index (χ3n) is 4.21. The van der Waals surface area contributed by atoms with Gasteiger partial charge in [0.15, 0.2) is 0 Å². The zero-order chi connectivity index (χ0) is 16.0. The van der Waals surface area contributed by atoms with Crippen LogP contribution in [0.15, 0.2) is 30.3 Å². The van der Waals surface area contributed by atoms with E-state index in [1.165, 1.54) is 0 Å². The molecule has 1 aromatic rings. The summed E-state index contributed by atoms with van der Waals surface area (Å²) >= 11 is 5.72. The Hall–Kier alpha value is -1.75. The van der Waals surface area contributed by atoms with Crippen LogP contribution in [0.5, 0.6) is 0 Å². The van der Waals surface area contributed by atoms with E-state index in [1.54, 1.807) is 4.90 Å². The number of ether oxygens (including phenoxy) is 1. The number of halogens is 1. The van der Waals surface area contributed by atoms with Gasteiger partial charge in [0.2, 0.25) is 0 Å². The molecule has 1 fully saturated rings. The van der Waals surface area contributed by atoms with Crippen molar-refractivity contribution in [2.24, 2.45) is 5.41 Å². The van der Waals surface area contributed by atoms with E-state index in [2.05, 4.69) is 0 Å². The second-order valence-electron chi connectivity index (χ2n) is 5.55. The molecule has 1 heterocycles. The summed E-state index contributed by atoms with van der Waals surface area (Å²) in [5, 5.41) is 9.40. The van der Waals surface area contributed by atoms with Crippen molar-refractivity contribution in [3.8, 4) is 0 Å². The summed E-state index contributed by atoms with van der Waals surface area (Å²) in [7, 11) is 0. The lowest BCUT2D eigenvalue weighted by Crippen LogP contribution is -2.46. The molecule has 22 heavy (non-hydrogen) atoms. The van der Waals surface area contributed by atoms with Gasteiger partial charge in [0, 0.05) is 19.0 Å². The quantitative estimate of drug-likeness (QED) is 0.845. The molecule has 1 aliphatic heterocycles. The first-order valence-corrected chi connectivity index (χ1v) is 7.86. The number of benzene rings is 1. The Balaban J connectivity index is 1.85. The van der Waals surface area contributed by atoms with E-state index in [1.807, 2.05) is 30.3 Å². The smallest absolute Gasteiger partial charge is 0.410 e. The molecule has 0 unspecified atom stereocenters. The number of rotatable bonds is 5. The molecule has 1 N–H and O–H groups in total. The van der Waals surface area contributed by atoms with E-state index in [-0.39, 0.29) is 6.61 Å². The van der Waals surface area contributed by atoms with Crippen molar-refractivity contribution in [3.05, 3.63) is 35.9 Å². The van der Waals surface area contributed by atoms with Crippen LogP contribution in [0.4, 0.5) is 4.79 Å². The summed E-state index contributed by atoms with van der Waals surface area (Å²) < 4.78 is 5.27. The molecular formula is C16H20ClNO4. The summed E-state index contributed by atoms with van der Waals surface area (Å²) in [6.07, 6.45) is 0.857. The van der Waals surface area contributed by atoms with Crippen LogP contribution < -0.4 is 0 Å². The van der Waals surface area contributed by atoms with Crippen molar-refractivity contribution in [3.63, 3.8) is 0 Å². The number of carbonyl (C=O) groups excluding carboxylic acids is 1. The summed E-state index contributed by atoms with van der Waals surface area (Å²) in [4.78, 5) is 25.1. The average molecular weight is 326 g/mol. The number of nitrogens with zero attached hydrogens (tertiary/aromatic N) is 1. The predicted molar refractivity (Wildman–Crippen MR) is 82.8 cm³/mol. The molecule has 1 aromatic carbocycles. The van der Waals surface area contributed by atoms with Gasteiger partial charge in [0.25, 0.3) is 0 Å². The van der Waals surface area contributed by atoms with Crippen molar-refractivity contribution in [1.82, 2.24) is 4.90 Å². The van der Waals surface area contributed by atoms with Crippen LogP contribution in [-0.2, 0) is 16.1 Å². The summed E-state index contributed by atoms with van der Waals surface area (Å²) in [5.74, 6) is -0.518. The van der Waals surface area contributed by atoms with Gasteiger partial charge in [-0.05, 0) is 24.8 Å². The topological polar surface area (TPSA) is 66.8 Å². The number of hydrogen-bond acceptors (Lipinski definition) is 3. The van der Waals surface area contributed by atoms with Crippen LogP contribution in [0, 0.1) is 5.41 Å². The van der Waals surface area contributed by atoms with Crippen LogP contribution in [0.2, 0.25) is 0 Å². The minimum absolute atomic E-state index is 0.224. The number of likely N-dealkylation sites (tertiary alicyclic amines) is 1. The molecule has 0 saturated carbocycles. The maximum atomic E-state index is 12.0. The first-order valence-electron chi connectivity index (χ1n) is 7.32. The highest BCUT2D eigenvalue weighted by molar-refractivity contribution is 6.18. The molecule has 1 saturated heterocycles. The summed E-state index contributed by atoms with van der Waals surface area (Å²) in [6.45, 7) is 0.996. The number of aliphatic carboxylic acids is 1. The van der Waals surface area contributed by atoms with Crippen molar-refractivity contribution >= 4 is 23.7 Å². The van der Waals surface area contributed by atoms with Crippen LogP contribution in [0.25, 0.3) is 0 Å². The molecule has 5 nitrogen and oxygen atoms in total.